The smallest absolute Gasteiger partial charge is 0.0372 e. The molecule has 0 bridgehead atoms. The van der Waals surface area contributed by atoms with Gasteiger partial charge in [0.2, 0.25) is 0 Å². The predicted octanol–water partition coefficient (Wildman–Crippen LogP) is 3.73. The molecule has 0 heterocycles. The molecule has 1 heteroatoms. The molecule has 1 saturated carbocycles. The van der Waals surface area contributed by atoms with E-state index < -0.39 is 0 Å². The maximum atomic E-state index is 2.41. The summed E-state index contributed by atoms with van der Waals surface area (Å²) in [5, 5.41) is 0. The highest BCUT2D eigenvalue weighted by atomic mass is 15.1. The quantitative estimate of drug-likeness (QED) is 0.745. The average Bonchev–Trinajstić information content (AvgIpc) is 2.66. The van der Waals surface area contributed by atoms with E-state index in [0.717, 1.165) is 11.8 Å². The fourth-order valence-electron chi connectivity index (χ4n) is 3.22. The van der Waals surface area contributed by atoms with E-state index in [0.29, 0.717) is 6.04 Å². The molecule has 3 atom stereocenters. The summed E-state index contributed by atoms with van der Waals surface area (Å²) in [6.45, 7) is 2.41. The Kier molecular flexibility index (Phi) is 3.65. The molecule has 1 aromatic carbocycles. The van der Waals surface area contributed by atoms with Gasteiger partial charge in [0.05, 0.1) is 0 Å². The van der Waals surface area contributed by atoms with Gasteiger partial charge in [-0.05, 0) is 37.9 Å². The van der Waals surface area contributed by atoms with Crippen molar-refractivity contribution in [2.75, 3.05) is 14.1 Å². The first-order valence-electron chi connectivity index (χ1n) is 6.41. The minimum atomic E-state index is 0.596. The summed E-state index contributed by atoms with van der Waals surface area (Å²) in [6.07, 6.45) is 4.20. The molecule has 88 valence electrons. The van der Waals surface area contributed by atoms with E-state index in [2.05, 4.69) is 56.3 Å². The summed E-state index contributed by atoms with van der Waals surface area (Å²) in [5.74, 6) is 1.70. The number of benzene rings is 1. The lowest BCUT2D eigenvalue weighted by Crippen LogP contribution is -2.28. The van der Waals surface area contributed by atoms with Crippen molar-refractivity contribution in [3.8, 4) is 0 Å². The van der Waals surface area contributed by atoms with Gasteiger partial charge in [-0.25, -0.2) is 0 Å². The summed E-state index contributed by atoms with van der Waals surface area (Å²) < 4.78 is 0. The molecule has 1 aliphatic carbocycles. The van der Waals surface area contributed by atoms with Crippen LogP contribution in [0.2, 0.25) is 0 Å². The predicted molar refractivity (Wildman–Crippen MR) is 69.4 cm³/mol. The van der Waals surface area contributed by atoms with Gasteiger partial charge in [0.25, 0.3) is 0 Å². The van der Waals surface area contributed by atoms with Crippen LogP contribution in [-0.4, -0.2) is 19.0 Å². The van der Waals surface area contributed by atoms with Gasteiger partial charge in [-0.1, -0.05) is 50.1 Å². The Morgan fingerprint density at radius 3 is 2.31 bits per heavy atom. The molecule has 16 heavy (non-hydrogen) atoms. The minimum Gasteiger partial charge on any atom is -0.302 e. The van der Waals surface area contributed by atoms with Crippen LogP contribution in [0.1, 0.15) is 37.8 Å². The number of rotatable bonds is 3. The Morgan fingerprint density at radius 1 is 1.12 bits per heavy atom. The lowest BCUT2D eigenvalue weighted by molar-refractivity contribution is 0.182. The molecule has 1 unspecified atom stereocenters. The van der Waals surface area contributed by atoms with Gasteiger partial charge in [0.1, 0.15) is 0 Å². The van der Waals surface area contributed by atoms with Crippen LogP contribution < -0.4 is 0 Å². The SMILES string of the molecule is C[C@@H]1CCCC1[C@@H](c1ccccc1)N(C)C. The van der Waals surface area contributed by atoms with Crippen molar-refractivity contribution in [3.63, 3.8) is 0 Å². The normalized spacial score (nSPS) is 27.2. The maximum Gasteiger partial charge on any atom is 0.0372 e. The van der Waals surface area contributed by atoms with Crippen molar-refractivity contribution in [1.82, 2.24) is 4.90 Å². The first-order valence-corrected chi connectivity index (χ1v) is 6.41. The lowest BCUT2D eigenvalue weighted by Gasteiger charge is -2.33. The third-order valence-corrected chi connectivity index (χ3v) is 4.03. The molecule has 0 aliphatic heterocycles. The molecule has 0 N–H and O–H groups in total. The van der Waals surface area contributed by atoms with Gasteiger partial charge in [-0.3, -0.25) is 0 Å². The Morgan fingerprint density at radius 2 is 1.81 bits per heavy atom. The molecule has 0 spiro atoms. The van der Waals surface area contributed by atoms with Crippen molar-refractivity contribution in [2.24, 2.45) is 11.8 Å². The zero-order chi connectivity index (χ0) is 11.5. The van der Waals surface area contributed by atoms with Crippen LogP contribution in [0.5, 0.6) is 0 Å². The third-order valence-electron chi connectivity index (χ3n) is 4.03. The fraction of sp³-hybridized carbons (Fsp3) is 0.600. The second-order valence-electron chi connectivity index (χ2n) is 5.39. The summed E-state index contributed by atoms with van der Waals surface area (Å²) in [4.78, 5) is 2.39. The summed E-state index contributed by atoms with van der Waals surface area (Å²) in [7, 11) is 4.42. The van der Waals surface area contributed by atoms with Gasteiger partial charge in [-0.2, -0.15) is 0 Å². The molecular weight excluding hydrogens is 194 g/mol. The molecule has 2 rings (SSSR count). The molecule has 0 saturated heterocycles. The van der Waals surface area contributed by atoms with Gasteiger partial charge < -0.3 is 4.90 Å². The number of nitrogens with zero attached hydrogens (tertiary/aromatic N) is 1. The van der Waals surface area contributed by atoms with Crippen LogP contribution in [0, 0.1) is 11.8 Å². The maximum absolute atomic E-state index is 2.41. The fourth-order valence-corrected chi connectivity index (χ4v) is 3.22. The zero-order valence-electron chi connectivity index (χ0n) is 10.7. The van der Waals surface area contributed by atoms with Gasteiger partial charge in [0, 0.05) is 6.04 Å². The van der Waals surface area contributed by atoms with E-state index in [4.69, 9.17) is 0 Å². The standard InChI is InChI=1S/C15H23N/c1-12-8-7-11-14(12)15(16(2)3)13-9-5-4-6-10-13/h4-6,9-10,12,14-15H,7-8,11H2,1-3H3/t12-,14?,15-/m1/s1. The Hall–Kier alpha value is -0.820. The molecular formula is C15H23N. The van der Waals surface area contributed by atoms with Crippen LogP contribution in [0.4, 0.5) is 0 Å². The van der Waals surface area contributed by atoms with Crippen molar-refractivity contribution in [1.29, 1.82) is 0 Å². The topological polar surface area (TPSA) is 3.24 Å². The highest BCUT2D eigenvalue weighted by Gasteiger charge is 2.32. The average molecular weight is 217 g/mol. The largest absolute Gasteiger partial charge is 0.302 e. The summed E-state index contributed by atoms with van der Waals surface area (Å²) in [6, 6.07) is 11.6. The van der Waals surface area contributed by atoms with Gasteiger partial charge in [-0.15, -0.1) is 0 Å². The number of hydrogen-bond donors (Lipinski definition) is 0. The van der Waals surface area contributed by atoms with E-state index >= 15 is 0 Å². The number of hydrogen-bond acceptors (Lipinski definition) is 1. The van der Waals surface area contributed by atoms with Crippen LogP contribution >= 0.6 is 0 Å². The molecule has 1 aromatic rings. The summed E-state index contributed by atoms with van der Waals surface area (Å²) in [5.41, 5.74) is 1.48. The van der Waals surface area contributed by atoms with E-state index in [1.165, 1.54) is 24.8 Å². The first-order chi connectivity index (χ1) is 7.70. The zero-order valence-corrected chi connectivity index (χ0v) is 10.7. The molecule has 1 nitrogen and oxygen atoms in total. The Balaban J connectivity index is 2.24. The van der Waals surface area contributed by atoms with E-state index in [1.807, 2.05) is 0 Å². The first kappa shape index (κ1) is 11.7. The van der Waals surface area contributed by atoms with Crippen molar-refractivity contribution >= 4 is 0 Å². The van der Waals surface area contributed by atoms with Crippen LogP contribution in [0.25, 0.3) is 0 Å². The van der Waals surface area contributed by atoms with Crippen molar-refractivity contribution < 1.29 is 0 Å². The van der Waals surface area contributed by atoms with Crippen molar-refractivity contribution in [2.45, 2.75) is 32.2 Å². The molecule has 0 aromatic heterocycles. The van der Waals surface area contributed by atoms with Gasteiger partial charge >= 0.3 is 0 Å². The molecule has 0 radical (unpaired) electrons. The van der Waals surface area contributed by atoms with Crippen LogP contribution in [0.3, 0.4) is 0 Å². The summed E-state index contributed by atoms with van der Waals surface area (Å²) >= 11 is 0. The Bertz CT molecular complexity index is 317. The van der Waals surface area contributed by atoms with E-state index in [9.17, 15) is 0 Å². The third kappa shape index (κ3) is 2.30. The minimum absolute atomic E-state index is 0.596. The van der Waals surface area contributed by atoms with Crippen LogP contribution in [0.15, 0.2) is 30.3 Å². The molecule has 1 fully saturated rings. The molecule has 1 aliphatic rings. The molecule has 0 amide bonds. The Labute approximate surface area is 99.5 Å². The van der Waals surface area contributed by atoms with Gasteiger partial charge in [0.15, 0.2) is 0 Å². The highest BCUT2D eigenvalue weighted by Crippen LogP contribution is 2.42. The second-order valence-corrected chi connectivity index (χ2v) is 5.39. The van der Waals surface area contributed by atoms with E-state index in [1.54, 1.807) is 0 Å². The monoisotopic (exact) mass is 217 g/mol. The lowest BCUT2D eigenvalue weighted by atomic mass is 9.85. The second kappa shape index (κ2) is 5.01. The van der Waals surface area contributed by atoms with Crippen molar-refractivity contribution in [3.05, 3.63) is 35.9 Å². The van der Waals surface area contributed by atoms with E-state index in [-0.39, 0.29) is 0 Å². The van der Waals surface area contributed by atoms with Crippen LogP contribution in [-0.2, 0) is 0 Å². The highest BCUT2D eigenvalue weighted by molar-refractivity contribution is 5.20.